The largest absolute Gasteiger partial charge is 0.478 e. The van der Waals surface area contributed by atoms with Crippen LogP contribution in [0.3, 0.4) is 0 Å². The van der Waals surface area contributed by atoms with E-state index < -0.39 is 11.9 Å². The van der Waals surface area contributed by atoms with E-state index in [-0.39, 0.29) is 17.2 Å². The zero-order valence-electron chi connectivity index (χ0n) is 9.79. The molecule has 1 aromatic rings. The zero-order chi connectivity index (χ0) is 13.1. The van der Waals surface area contributed by atoms with E-state index in [1.54, 1.807) is 37.3 Å². The number of carboxylic acids is 1. The van der Waals surface area contributed by atoms with Gasteiger partial charge in [0, 0.05) is 0 Å². The Morgan fingerprint density at radius 2 is 1.78 bits per heavy atom. The molecule has 1 N–H and O–H groups in total. The number of aromatic carboxylic acids is 1. The number of allylic oxidation sites excluding steroid dienone is 2. The summed E-state index contributed by atoms with van der Waals surface area (Å²) in [6.45, 7) is 1.60. The molecule has 0 amide bonds. The van der Waals surface area contributed by atoms with Gasteiger partial charge in [-0.3, -0.25) is 0 Å². The van der Waals surface area contributed by atoms with Gasteiger partial charge in [-0.05, 0) is 36.8 Å². The molecule has 0 bridgehead atoms. The average molecular weight is 244 g/mol. The Morgan fingerprint density at radius 1 is 1.17 bits per heavy atom. The number of hydrogen-bond acceptors (Lipinski definition) is 3. The first kappa shape index (κ1) is 12.1. The van der Waals surface area contributed by atoms with Crippen LogP contribution in [0.2, 0.25) is 0 Å². The van der Waals surface area contributed by atoms with Crippen molar-refractivity contribution in [3.8, 4) is 0 Å². The van der Waals surface area contributed by atoms with Crippen LogP contribution in [0.4, 0.5) is 0 Å². The average Bonchev–Trinajstić information content (AvgIpc) is 2.81. The lowest BCUT2D eigenvalue weighted by Gasteiger charge is -2.11. The second-order valence-electron chi connectivity index (χ2n) is 3.92. The van der Waals surface area contributed by atoms with Crippen LogP contribution in [0.1, 0.15) is 26.3 Å². The van der Waals surface area contributed by atoms with Gasteiger partial charge in [-0.2, -0.15) is 0 Å². The fourth-order valence-corrected chi connectivity index (χ4v) is 1.77. The molecule has 0 spiro atoms. The van der Waals surface area contributed by atoms with Crippen LogP contribution < -0.4 is 0 Å². The number of carbonyl (C=O) groups is 2. The zero-order valence-corrected chi connectivity index (χ0v) is 9.79. The van der Waals surface area contributed by atoms with Gasteiger partial charge >= 0.3 is 11.9 Å². The first-order valence-corrected chi connectivity index (χ1v) is 5.48. The van der Waals surface area contributed by atoms with E-state index >= 15 is 0 Å². The van der Waals surface area contributed by atoms with Crippen molar-refractivity contribution >= 4 is 11.9 Å². The maximum atomic E-state index is 11.9. The summed E-state index contributed by atoms with van der Waals surface area (Å²) in [4.78, 5) is 22.9. The highest BCUT2D eigenvalue weighted by molar-refractivity contribution is 5.97. The van der Waals surface area contributed by atoms with Crippen LogP contribution in [0.15, 0.2) is 42.5 Å². The van der Waals surface area contributed by atoms with Gasteiger partial charge in [0.25, 0.3) is 0 Å². The molecule has 0 saturated heterocycles. The number of carboxylic acid groups (broad SMARTS) is 1. The van der Waals surface area contributed by atoms with Crippen molar-refractivity contribution < 1.29 is 19.4 Å². The minimum absolute atomic E-state index is 0.113. The highest BCUT2D eigenvalue weighted by Gasteiger charge is 2.18. The monoisotopic (exact) mass is 244 g/mol. The van der Waals surface area contributed by atoms with E-state index in [0.29, 0.717) is 5.56 Å². The minimum atomic E-state index is -1.05. The molecule has 4 nitrogen and oxygen atoms in total. The minimum Gasteiger partial charge on any atom is -0.478 e. The summed E-state index contributed by atoms with van der Waals surface area (Å²) in [7, 11) is 0. The first-order chi connectivity index (χ1) is 8.59. The van der Waals surface area contributed by atoms with Gasteiger partial charge in [-0.15, -0.1) is 0 Å². The van der Waals surface area contributed by atoms with Crippen molar-refractivity contribution in [3.05, 3.63) is 59.2 Å². The normalized spacial score (nSPS) is 13.8. The lowest BCUT2D eigenvalue weighted by molar-refractivity contribution is 0.0465. The predicted molar refractivity (Wildman–Crippen MR) is 65.6 cm³/mol. The second kappa shape index (κ2) is 4.87. The molecular formula is C14H12O4. The van der Waals surface area contributed by atoms with E-state index in [1.807, 2.05) is 0 Å². The number of ether oxygens (including phenoxy) is 1. The highest BCUT2D eigenvalue weighted by atomic mass is 16.5. The standard InChI is InChI=1S/C14H12O4/c1-9-11(13(15)16)7-4-8-12(9)14(17)18-10-5-2-3-6-10/h2-8,10H,1H3,(H,15,16). The van der Waals surface area contributed by atoms with Gasteiger partial charge in [0.1, 0.15) is 6.10 Å². The molecule has 0 radical (unpaired) electrons. The third-order valence-corrected chi connectivity index (χ3v) is 2.74. The Labute approximate surface area is 104 Å². The van der Waals surface area contributed by atoms with Crippen LogP contribution in [0, 0.1) is 6.92 Å². The van der Waals surface area contributed by atoms with Crippen molar-refractivity contribution in [1.29, 1.82) is 0 Å². The van der Waals surface area contributed by atoms with E-state index in [2.05, 4.69) is 0 Å². The Balaban J connectivity index is 2.25. The SMILES string of the molecule is Cc1c(C(=O)O)cccc1C(=O)OC1C=CC=C1. The van der Waals surface area contributed by atoms with Crippen LogP contribution >= 0.6 is 0 Å². The second-order valence-corrected chi connectivity index (χ2v) is 3.92. The lowest BCUT2D eigenvalue weighted by Crippen LogP contribution is -2.15. The Morgan fingerprint density at radius 3 is 2.39 bits per heavy atom. The number of hydrogen-bond donors (Lipinski definition) is 1. The molecule has 0 heterocycles. The van der Waals surface area contributed by atoms with Gasteiger partial charge in [-0.25, -0.2) is 9.59 Å². The van der Waals surface area contributed by atoms with Gasteiger partial charge in [-0.1, -0.05) is 18.2 Å². The first-order valence-electron chi connectivity index (χ1n) is 5.48. The van der Waals surface area contributed by atoms with Gasteiger partial charge in [0.05, 0.1) is 11.1 Å². The molecule has 0 saturated carbocycles. The van der Waals surface area contributed by atoms with Crippen LogP contribution in [0.5, 0.6) is 0 Å². The smallest absolute Gasteiger partial charge is 0.339 e. The number of benzene rings is 1. The molecule has 0 unspecified atom stereocenters. The van der Waals surface area contributed by atoms with Crippen molar-refractivity contribution in [1.82, 2.24) is 0 Å². The third-order valence-electron chi connectivity index (χ3n) is 2.74. The molecule has 4 heteroatoms. The summed E-state index contributed by atoms with van der Waals surface area (Å²) in [5.74, 6) is -1.57. The van der Waals surface area contributed by atoms with E-state index in [4.69, 9.17) is 9.84 Å². The number of carbonyl (C=O) groups excluding carboxylic acids is 1. The Bertz CT molecular complexity index is 543. The molecule has 1 aliphatic rings. The lowest BCUT2D eigenvalue weighted by atomic mass is 10.0. The number of rotatable bonds is 3. The van der Waals surface area contributed by atoms with Crippen LogP contribution in [-0.4, -0.2) is 23.1 Å². The molecule has 1 aromatic carbocycles. The van der Waals surface area contributed by atoms with E-state index in [0.717, 1.165) is 0 Å². The summed E-state index contributed by atoms with van der Waals surface area (Å²) in [6, 6.07) is 4.56. The van der Waals surface area contributed by atoms with Crippen molar-refractivity contribution in [2.24, 2.45) is 0 Å². The molecule has 0 atom stereocenters. The Kier molecular flexibility index (Phi) is 3.28. The molecule has 0 fully saturated rings. The fourth-order valence-electron chi connectivity index (χ4n) is 1.77. The summed E-state index contributed by atoms with van der Waals surface area (Å²) < 4.78 is 5.21. The predicted octanol–water partition coefficient (Wildman–Crippen LogP) is 2.34. The van der Waals surface area contributed by atoms with Gasteiger partial charge < -0.3 is 9.84 Å². The van der Waals surface area contributed by atoms with E-state index in [1.165, 1.54) is 12.1 Å². The highest BCUT2D eigenvalue weighted by Crippen LogP contribution is 2.17. The Hall–Kier alpha value is -2.36. The van der Waals surface area contributed by atoms with Crippen molar-refractivity contribution in [2.45, 2.75) is 13.0 Å². The third kappa shape index (κ3) is 2.32. The fraction of sp³-hybridized carbons (Fsp3) is 0.143. The van der Waals surface area contributed by atoms with Crippen molar-refractivity contribution in [2.75, 3.05) is 0 Å². The van der Waals surface area contributed by atoms with Crippen LogP contribution in [0.25, 0.3) is 0 Å². The quantitative estimate of drug-likeness (QED) is 0.829. The molecule has 0 aliphatic heterocycles. The van der Waals surface area contributed by atoms with Gasteiger partial charge in [0.2, 0.25) is 0 Å². The molecule has 2 rings (SSSR count). The van der Waals surface area contributed by atoms with Crippen LogP contribution in [-0.2, 0) is 4.74 Å². The molecule has 0 aromatic heterocycles. The molecule has 18 heavy (non-hydrogen) atoms. The maximum absolute atomic E-state index is 11.9. The summed E-state index contributed by atoms with van der Waals surface area (Å²) >= 11 is 0. The van der Waals surface area contributed by atoms with E-state index in [9.17, 15) is 9.59 Å². The van der Waals surface area contributed by atoms with Crippen molar-refractivity contribution in [3.63, 3.8) is 0 Å². The topological polar surface area (TPSA) is 63.6 Å². The summed E-state index contributed by atoms with van der Waals surface area (Å²) in [5, 5.41) is 8.98. The molecule has 92 valence electrons. The maximum Gasteiger partial charge on any atom is 0.339 e. The number of esters is 1. The summed E-state index contributed by atoms with van der Waals surface area (Å²) in [6.07, 6.45) is 6.70. The summed E-state index contributed by atoms with van der Waals surface area (Å²) in [5.41, 5.74) is 0.812. The van der Waals surface area contributed by atoms with Gasteiger partial charge in [0.15, 0.2) is 0 Å². The molecule has 1 aliphatic carbocycles. The molecular weight excluding hydrogens is 232 g/mol.